The second-order valence-electron chi connectivity index (χ2n) is 6.96. The topological polar surface area (TPSA) is 74.0 Å². The lowest BCUT2D eigenvalue weighted by molar-refractivity contribution is -0.384. The molecule has 0 radical (unpaired) electrons. The Morgan fingerprint density at radius 3 is 2.66 bits per heavy atom. The van der Waals surface area contributed by atoms with Gasteiger partial charge in [0.05, 0.1) is 18.6 Å². The molecule has 0 bridgehead atoms. The zero-order valence-corrected chi connectivity index (χ0v) is 18.2. The third kappa shape index (κ3) is 7.09. The molecule has 29 heavy (non-hydrogen) atoms. The van der Waals surface area contributed by atoms with Crippen LogP contribution in [0.25, 0.3) is 0 Å². The third-order valence-corrected chi connectivity index (χ3v) is 5.31. The van der Waals surface area contributed by atoms with Gasteiger partial charge < -0.3 is 9.47 Å². The van der Waals surface area contributed by atoms with Gasteiger partial charge in [-0.2, -0.15) is 0 Å². The van der Waals surface area contributed by atoms with E-state index < -0.39 is 4.92 Å². The number of nitro benzene ring substituents is 1. The number of aliphatic imine (C=N–C) groups is 1. The minimum Gasteiger partial charge on any atom is -0.493 e. The van der Waals surface area contributed by atoms with Gasteiger partial charge in [-0.05, 0) is 60.4 Å². The van der Waals surface area contributed by atoms with Gasteiger partial charge in [-0.1, -0.05) is 20.8 Å². The second kappa shape index (κ2) is 11.5. The molecule has 2 aromatic carbocycles. The molecule has 2 aromatic rings. The Bertz CT molecular complexity index is 853. The molecule has 0 spiro atoms. The molecule has 0 aromatic heterocycles. The molecule has 7 heteroatoms. The van der Waals surface area contributed by atoms with Crippen LogP contribution >= 0.6 is 11.8 Å². The maximum Gasteiger partial charge on any atom is 0.294 e. The van der Waals surface area contributed by atoms with Crippen molar-refractivity contribution < 1.29 is 14.4 Å². The van der Waals surface area contributed by atoms with Crippen molar-refractivity contribution in [3.8, 4) is 11.5 Å². The molecule has 6 nitrogen and oxygen atoms in total. The van der Waals surface area contributed by atoms with Gasteiger partial charge in [0.25, 0.3) is 5.69 Å². The predicted molar refractivity (Wildman–Crippen MR) is 119 cm³/mol. The van der Waals surface area contributed by atoms with Crippen LogP contribution in [0.2, 0.25) is 0 Å². The van der Waals surface area contributed by atoms with Crippen molar-refractivity contribution in [3.05, 3.63) is 52.1 Å². The number of methoxy groups -OCH3 is 1. The van der Waals surface area contributed by atoms with Crippen molar-refractivity contribution in [2.45, 2.75) is 38.5 Å². The van der Waals surface area contributed by atoms with Crippen LogP contribution in [-0.4, -0.2) is 30.6 Å². The molecule has 0 fully saturated rings. The molecule has 0 aliphatic carbocycles. The van der Waals surface area contributed by atoms with Crippen LogP contribution in [-0.2, 0) is 0 Å². The molecule has 0 aliphatic heterocycles. The first kappa shape index (κ1) is 22.7. The van der Waals surface area contributed by atoms with Crippen molar-refractivity contribution in [3.63, 3.8) is 0 Å². The summed E-state index contributed by atoms with van der Waals surface area (Å²) in [6, 6.07) is 10.5. The fraction of sp³-hybridized carbons (Fsp3) is 0.409. The molecule has 0 saturated carbocycles. The van der Waals surface area contributed by atoms with Crippen molar-refractivity contribution in [2.75, 3.05) is 19.5 Å². The summed E-state index contributed by atoms with van der Waals surface area (Å²) in [5.41, 5.74) is 1.11. The molecule has 0 atom stereocenters. The van der Waals surface area contributed by atoms with E-state index in [0.29, 0.717) is 29.7 Å². The molecule has 0 heterocycles. The predicted octanol–water partition coefficient (Wildman–Crippen LogP) is 6.28. The van der Waals surface area contributed by atoms with Gasteiger partial charge >= 0.3 is 0 Å². The molecule has 0 N–H and O–H groups in total. The number of nitro groups is 1. The Kier molecular flexibility index (Phi) is 8.99. The normalized spacial score (nSPS) is 11.2. The highest BCUT2D eigenvalue weighted by Gasteiger charge is 2.14. The summed E-state index contributed by atoms with van der Waals surface area (Å²) in [6.45, 7) is 7.02. The van der Waals surface area contributed by atoms with E-state index in [4.69, 9.17) is 9.47 Å². The van der Waals surface area contributed by atoms with E-state index in [1.54, 1.807) is 37.2 Å². The quantitative estimate of drug-likeness (QED) is 0.186. The summed E-state index contributed by atoms with van der Waals surface area (Å²) >= 11 is 1.66. The molecule has 0 unspecified atom stereocenters. The Balaban J connectivity index is 2.22. The number of benzene rings is 2. The molecule has 2 rings (SSSR count). The Labute approximate surface area is 176 Å². The maximum absolute atomic E-state index is 11.3. The molecule has 0 aliphatic rings. The lowest BCUT2D eigenvalue weighted by atomic mass is 10.1. The number of hydrogen-bond acceptors (Lipinski definition) is 6. The van der Waals surface area contributed by atoms with Gasteiger partial charge in [0.15, 0.2) is 11.5 Å². The Hall–Kier alpha value is -2.54. The first-order chi connectivity index (χ1) is 13.9. The average molecular weight is 417 g/mol. The summed E-state index contributed by atoms with van der Waals surface area (Å²) in [5, 5.41) is 11.3. The number of thioether (sulfide) groups is 1. The van der Waals surface area contributed by atoms with Crippen molar-refractivity contribution >= 4 is 29.4 Å². The number of hydrogen-bond donors (Lipinski definition) is 0. The number of ether oxygens (including phenoxy) is 2. The Morgan fingerprint density at radius 1 is 1.21 bits per heavy atom. The Morgan fingerprint density at radius 2 is 2.00 bits per heavy atom. The highest BCUT2D eigenvalue weighted by Crippen LogP contribution is 2.33. The van der Waals surface area contributed by atoms with Gasteiger partial charge in [-0.15, -0.1) is 11.8 Å². The first-order valence-corrected chi connectivity index (χ1v) is 10.7. The van der Waals surface area contributed by atoms with E-state index in [0.717, 1.165) is 29.1 Å². The van der Waals surface area contributed by atoms with E-state index in [9.17, 15) is 10.1 Å². The van der Waals surface area contributed by atoms with Crippen LogP contribution in [0.15, 0.2) is 46.3 Å². The highest BCUT2D eigenvalue weighted by atomic mass is 32.2. The summed E-state index contributed by atoms with van der Waals surface area (Å²) in [5.74, 6) is 2.80. The zero-order valence-electron chi connectivity index (χ0n) is 17.4. The molecular weight excluding hydrogens is 388 g/mol. The SMILES string of the molecule is CCCSc1ccc([N+](=O)[O-])c(N=Cc2ccc(OCCC(C)C)c(OC)c2)c1. The minimum absolute atomic E-state index is 0.0114. The molecule has 0 saturated heterocycles. The van der Waals surface area contributed by atoms with Crippen LogP contribution in [0.4, 0.5) is 11.4 Å². The molecule has 156 valence electrons. The monoisotopic (exact) mass is 416 g/mol. The summed E-state index contributed by atoms with van der Waals surface area (Å²) < 4.78 is 11.2. The van der Waals surface area contributed by atoms with E-state index in [-0.39, 0.29) is 5.69 Å². The maximum atomic E-state index is 11.3. The van der Waals surface area contributed by atoms with Gasteiger partial charge in [0, 0.05) is 17.2 Å². The zero-order chi connectivity index (χ0) is 21.2. The average Bonchev–Trinajstić information content (AvgIpc) is 2.70. The smallest absolute Gasteiger partial charge is 0.294 e. The fourth-order valence-corrected chi connectivity index (χ4v) is 3.30. The summed E-state index contributed by atoms with van der Waals surface area (Å²) in [4.78, 5) is 16.3. The first-order valence-electron chi connectivity index (χ1n) is 9.70. The van der Waals surface area contributed by atoms with E-state index in [2.05, 4.69) is 25.8 Å². The van der Waals surface area contributed by atoms with E-state index in [1.165, 1.54) is 6.07 Å². The van der Waals surface area contributed by atoms with Gasteiger partial charge in [0.1, 0.15) is 5.69 Å². The summed E-state index contributed by atoms with van der Waals surface area (Å²) in [6.07, 6.45) is 3.60. The largest absolute Gasteiger partial charge is 0.493 e. The standard InChI is InChI=1S/C22H28N2O4S/c1-5-12-29-18-7-8-20(24(25)26)19(14-18)23-15-17-6-9-21(22(13-17)27-4)28-11-10-16(2)3/h6-9,13-16H,5,10-12H2,1-4H3. The highest BCUT2D eigenvalue weighted by molar-refractivity contribution is 7.99. The second-order valence-corrected chi connectivity index (χ2v) is 8.12. The number of rotatable bonds is 11. The van der Waals surface area contributed by atoms with Gasteiger partial charge in [0.2, 0.25) is 0 Å². The van der Waals surface area contributed by atoms with Gasteiger partial charge in [-0.25, -0.2) is 4.99 Å². The van der Waals surface area contributed by atoms with Crippen LogP contribution in [0.1, 0.15) is 39.2 Å². The van der Waals surface area contributed by atoms with Crippen molar-refractivity contribution in [1.82, 2.24) is 0 Å². The van der Waals surface area contributed by atoms with Crippen LogP contribution in [0.3, 0.4) is 0 Å². The van der Waals surface area contributed by atoms with Crippen LogP contribution in [0.5, 0.6) is 11.5 Å². The minimum atomic E-state index is -0.410. The van der Waals surface area contributed by atoms with E-state index >= 15 is 0 Å². The number of nitrogens with zero attached hydrogens (tertiary/aromatic N) is 2. The fourth-order valence-electron chi connectivity index (χ4n) is 2.50. The van der Waals surface area contributed by atoms with Crippen molar-refractivity contribution in [1.29, 1.82) is 0 Å². The third-order valence-electron chi connectivity index (χ3n) is 4.11. The molecule has 0 amide bonds. The van der Waals surface area contributed by atoms with Crippen molar-refractivity contribution in [2.24, 2.45) is 10.9 Å². The van der Waals surface area contributed by atoms with Crippen LogP contribution in [0, 0.1) is 16.0 Å². The van der Waals surface area contributed by atoms with Gasteiger partial charge in [-0.3, -0.25) is 10.1 Å². The van der Waals surface area contributed by atoms with Crippen LogP contribution < -0.4 is 9.47 Å². The van der Waals surface area contributed by atoms with E-state index in [1.807, 2.05) is 18.2 Å². The lowest BCUT2D eigenvalue weighted by Gasteiger charge is -2.12. The summed E-state index contributed by atoms with van der Waals surface area (Å²) in [7, 11) is 1.59. The lowest BCUT2D eigenvalue weighted by Crippen LogP contribution is -2.03. The molecular formula is C22H28N2O4S.